The molecular formula is C26H37NO3. The number of aliphatic hydroxyl groups excluding tert-OH is 1. The van der Waals surface area contributed by atoms with Crippen LogP contribution in [0.4, 0.5) is 5.69 Å². The largest absolute Gasteiger partial charge is 0.426 e. The summed E-state index contributed by atoms with van der Waals surface area (Å²) in [5, 5.41) is 10.0. The summed E-state index contributed by atoms with van der Waals surface area (Å²) in [6.45, 7) is 14.6. The van der Waals surface area contributed by atoms with Crippen molar-refractivity contribution in [3.8, 4) is 5.75 Å². The van der Waals surface area contributed by atoms with E-state index in [1.165, 1.54) is 11.3 Å². The number of benzene rings is 2. The topological polar surface area (TPSA) is 49.8 Å². The lowest BCUT2D eigenvalue weighted by Gasteiger charge is -2.36. The smallest absolute Gasteiger partial charge is 0.313 e. The minimum atomic E-state index is -0.253. The zero-order chi connectivity index (χ0) is 22.4. The number of ether oxygens (including phenoxy) is 1. The minimum Gasteiger partial charge on any atom is -0.426 e. The average Bonchev–Trinajstić information content (AvgIpc) is 2.69. The second-order valence-electron chi connectivity index (χ2n) is 8.71. The summed E-state index contributed by atoms with van der Waals surface area (Å²) in [5.74, 6) is 0.165. The van der Waals surface area contributed by atoms with Gasteiger partial charge in [0.15, 0.2) is 0 Å². The van der Waals surface area contributed by atoms with E-state index in [1.807, 2.05) is 26.0 Å². The van der Waals surface area contributed by atoms with Gasteiger partial charge in [0, 0.05) is 23.7 Å². The lowest BCUT2D eigenvalue weighted by molar-refractivity contribution is -0.137. The summed E-state index contributed by atoms with van der Waals surface area (Å²) in [6.07, 6.45) is 0.871. The van der Waals surface area contributed by atoms with Gasteiger partial charge in [-0.3, -0.25) is 4.79 Å². The van der Waals surface area contributed by atoms with Crippen molar-refractivity contribution in [3.63, 3.8) is 0 Å². The number of carbonyl (C=O) groups excluding carboxylic acids is 1. The summed E-state index contributed by atoms with van der Waals surface area (Å²) in [7, 11) is 0. The molecular weight excluding hydrogens is 374 g/mol. The van der Waals surface area contributed by atoms with Crippen molar-refractivity contribution >= 4 is 11.7 Å². The number of para-hydroxylation sites is 1. The Morgan fingerprint density at radius 1 is 0.967 bits per heavy atom. The van der Waals surface area contributed by atoms with Gasteiger partial charge in [0.2, 0.25) is 0 Å². The molecule has 0 saturated heterocycles. The maximum absolute atomic E-state index is 12.1. The highest BCUT2D eigenvalue weighted by Crippen LogP contribution is 2.39. The predicted molar refractivity (Wildman–Crippen MR) is 124 cm³/mol. The fourth-order valence-electron chi connectivity index (χ4n) is 4.12. The molecule has 0 amide bonds. The highest BCUT2D eigenvalue weighted by Gasteiger charge is 2.24. The van der Waals surface area contributed by atoms with Crippen LogP contribution in [0, 0.1) is 5.92 Å². The number of hydrogen-bond acceptors (Lipinski definition) is 4. The van der Waals surface area contributed by atoms with Crippen LogP contribution in [0.5, 0.6) is 5.75 Å². The maximum Gasteiger partial charge on any atom is 0.313 e. The number of nitrogens with zero attached hydrogens (tertiary/aromatic N) is 1. The van der Waals surface area contributed by atoms with E-state index in [2.05, 4.69) is 63.8 Å². The van der Waals surface area contributed by atoms with Crippen LogP contribution in [0.25, 0.3) is 0 Å². The van der Waals surface area contributed by atoms with Crippen molar-refractivity contribution in [1.82, 2.24) is 0 Å². The first kappa shape index (κ1) is 23.9. The van der Waals surface area contributed by atoms with Gasteiger partial charge < -0.3 is 14.7 Å². The molecule has 0 aliphatic heterocycles. The number of anilines is 1. The highest BCUT2D eigenvalue weighted by atomic mass is 16.5. The van der Waals surface area contributed by atoms with E-state index < -0.39 is 0 Å². The molecule has 0 bridgehead atoms. The van der Waals surface area contributed by atoms with Crippen molar-refractivity contribution in [2.75, 3.05) is 4.90 Å². The first-order valence-corrected chi connectivity index (χ1v) is 11.0. The van der Waals surface area contributed by atoms with Crippen molar-refractivity contribution < 1.29 is 14.6 Å². The zero-order valence-electron chi connectivity index (χ0n) is 19.5. The van der Waals surface area contributed by atoms with Crippen LogP contribution in [-0.2, 0) is 11.4 Å². The van der Waals surface area contributed by atoms with E-state index in [9.17, 15) is 9.90 Å². The van der Waals surface area contributed by atoms with Gasteiger partial charge in [0.05, 0.1) is 12.5 Å². The third-order valence-corrected chi connectivity index (χ3v) is 5.46. The minimum absolute atomic E-state index is 0.0511. The molecule has 0 radical (unpaired) electrons. The molecule has 30 heavy (non-hydrogen) atoms. The molecule has 1 N–H and O–H groups in total. The molecule has 0 aliphatic rings. The SMILES string of the molecule is CCC(c1cc(OC(=O)C(C)C)ccc1CO)c1ccccc1N(C(C)C)C(C)C. The Labute approximate surface area is 181 Å². The lowest BCUT2D eigenvalue weighted by atomic mass is 9.84. The number of rotatable bonds is 9. The third-order valence-electron chi connectivity index (χ3n) is 5.46. The first-order chi connectivity index (χ1) is 14.2. The third kappa shape index (κ3) is 5.42. The van der Waals surface area contributed by atoms with Gasteiger partial charge in [0.1, 0.15) is 5.75 Å². The Balaban J connectivity index is 2.59. The lowest BCUT2D eigenvalue weighted by Crippen LogP contribution is -2.37. The molecule has 1 atom stereocenters. The van der Waals surface area contributed by atoms with Gasteiger partial charge in [-0.1, -0.05) is 45.0 Å². The number of aliphatic hydroxyl groups is 1. The molecule has 2 rings (SSSR count). The van der Waals surface area contributed by atoms with Crippen LogP contribution in [0.3, 0.4) is 0 Å². The van der Waals surface area contributed by atoms with E-state index in [0.717, 1.165) is 17.5 Å². The molecule has 0 aromatic heterocycles. The summed E-state index contributed by atoms with van der Waals surface area (Å²) < 4.78 is 5.57. The molecule has 1 unspecified atom stereocenters. The molecule has 2 aromatic rings. The van der Waals surface area contributed by atoms with Crippen molar-refractivity contribution in [3.05, 3.63) is 59.2 Å². The van der Waals surface area contributed by atoms with Crippen LogP contribution in [-0.4, -0.2) is 23.2 Å². The predicted octanol–water partition coefficient (Wildman–Crippen LogP) is 5.91. The van der Waals surface area contributed by atoms with Crippen LogP contribution in [0.1, 0.15) is 77.5 Å². The van der Waals surface area contributed by atoms with E-state index in [0.29, 0.717) is 17.8 Å². The van der Waals surface area contributed by atoms with Gasteiger partial charge in [0.25, 0.3) is 0 Å². The van der Waals surface area contributed by atoms with Crippen LogP contribution >= 0.6 is 0 Å². The van der Waals surface area contributed by atoms with Crippen LogP contribution in [0.15, 0.2) is 42.5 Å². The molecule has 164 valence electrons. The fraction of sp³-hybridized carbons (Fsp3) is 0.500. The molecule has 0 aliphatic carbocycles. The van der Waals surface area contributed by atoms with Gasteiger partial charge in [-0.05, 0) is 69.0 Å². The molecule has 4 nitrogen and oxygen atoms in total. The molecule has 0 spiro atoms. The summed E-state index contributed by atoms with van der Waals surface area (Å²) in [4.78, 5) is 14.5. The van der Waals surface area contributed by atoms with E-state index in [4.69, 9.17) is 4.74 Å². The van der Waals surface area contributed by atoms with Gasteiger partial charge >= 0.3 is 5.97 Å². The van der Waals surface area contributed by atoms with E-state index >= 15 is 0 Å². The summed E-state index contributed by atoms with van der Waals surface area (Å²) in [5.41, 5.74) is 4.31. The zero-order valence-corrected chi connectivity index (χ0v) is 19.5. The van der Waals surface area contributed by atoms with Crippen LogP contribution in [0.2, 0.25) is 0 Å². The van der Waals surface area contributed by atoms with Gasteiger partial charge in [-0.2, -0.15) is 0 Å². The number of carbonyl (C=O) groups is 1. The second kappa shape index (κ2) is 10.6. The van der Waals surface area contributed by atoms with Gasteiger partial charge in [-0.15, -0.1) is 0 Å². The standard InChI is InChI=1S/C26H37NO3/c1-8-22(23-11-9-10-12-25(23)27(18(4)5)19(6)7)24-15-21(14-13-20(24)16-28)30-26(29)17(2)3/h9-15,17-19,22,28H,8,16H2,1-7H3. The number of hydrogen-bond donors (Lipinski definition) is 1. The maximum atomic E-state index is 12.1. The van der Waals surface area contributed by atoms with Crippen molar-refractivity contribution in [1.29, 1.82) is 0 Å². The Morgan fingerprint density at radius 2 is 1.60 bits per heavy atom. The Morgan fingerprint density at radius 3 is 2.13 bits per heavy atom. The first-order valence-electron chi connectivity index (χ1n) is 11.0. The Hall–Kier alpha value is -2.33. The molecule has 4 heteroatoms. The Bertz CT molecular complexity index is 834. The summed E-state index contributed by atoms with van der Waals surface area (Å²) in [6, 6.07) is 14.8. The fourth-order valence-corrected chi connectivity index (χ4v) is 4.12. The molecule has 2 aromatic carbocycles. The van der Waals surface area contributed by atoms with Gasteiger partial charge in [-0.25, -0.2) is 0 Å². The Kier molecular flexibility index (Phi) is 8.48. The average molecular weight is 412 g/mol. The normalized spacial score (nSPS) is 12.5. The highest BCUT2D eigenvalue weighted by molar-refractivity contribution is 5.74. The monoisotopic (exact) mass is 411 g/mol. The van der Waals surface area contributed by atoms with Crippen molar-refractivity contribution in [2.45, 2.75) is 79.5 Å². The molecule has 0 saturated carbocycles. The van der Waals surface area contributed by atoms with E-state index in [1.54, 1.807) is 6.07 Å². The van der Waals surface area contributed by atoms with Crippen molar-refractivity contribution in [2.24, 2.45) is 5.92 Å². The summed E-state index contributed by atoms with van der Waals surface area (Å²) >= 11 is 0. The molecule has 0 heterocycles. The van der Waals surface area contributed by atoms with Crippen LogP contribution < -0.4 is 9.64 Å². The quantitative estimate of drug-likeness (QED) is 0.412. The molecule has 0 fully saturated rings. The second-order valence-corrected chi connectivity index (χ2v) is 8.71. The van der Waals surface area contributed by atoms with E-state index in [-0.39, 0.29) is 24.4 Å². The number of esters is 1.